The third kappa shape index (κ3) is 1.99. The van der Waals surface area contributed by atoms with Crippen molar-refractivity contribution in [2.24, 2.45) is 0 Å². The molecular formula is C15H17NO. The second kappa shape index (κ2) is 4.36. The predicted molar refractivity (Wildman–Crippen MR) is 67.3 cm³/mol. The summed E-state index contributed by atoms with van der Waals surface area (Å²) in [6.45, 7) is 0. The predicted octanol–water partition coefficient (Wildman–Crippen LogP) is 2.90. The first-order chi connectivity index (χ1) is 8.34. The van der Waals surface area contributed by atoms with Gasteiger partial charge in [0, 0.05) is 24.6 Å². The Balaban J connectivity index is 1.78. The minimum atomic E-state index is 0.320. The molecule has 2 heterocycles. The minimum Gasteiger partial charge on any atom is -0.313 e. The van der Waals surface area contributed by atoms with Crippen molar-refractivity contribution < 1.29 is 4.79 Å². The van der Waals surface area contributed by atoms with Crippen molar-refractivity contribution in [2.45, 2.75) is 38.1 Å². The lowest BCUT2D eigenvalue weighted by molar-refractivity contribution is -0.133. The van der Waals surface area contributed by atoms with Gasteiger partial charge in [-0.05, 0) is 24.8 Å². The van der Waals surface area contributed by atoms with Crippen molar-refractivity contribution >= 4 is 5.91 Å². The molecule has 0 spiro atoms. The smallest absolute Gasteiger partial charge is 0.226 e. The molecule has 1 atom stereocenters. The maximum absolute atomic E-state index is 12.0. The second-order valence-electron chi connectivity index (χ2n) is 4.90. The van der Waals surface area contributed by atoms with Gasteiger partial charge in [0.05, 0.1) is 0 Å². The SMILES string of the molecule is O=C1CCC[C@@H]2CC=C(Cc3ccccc3)N12. The third-order valence-electron chi connectivity index (χ3n) is 3.72. The summed E-state index contributed by atoms with van der Waals surface area (Å²) in [5.74, 6) is 0.320. The van der Waals surface area contributed by atoms with Gasteiger partial charge in [-0.3, -0.25) is 4.79 Å². The Bertz CT molecular complexity index is 449. The van der Waals surface area contributed by atoms with Crippen LogP contribution in [0.15, 0.2) is 42.1 Å². The molecule has 0 aromatic heterocycles. The van der Waals surface area contributed by atoms with Gasteiger partial charge in [-0.25, -0.2) is 0 Å². The quantitative estimate of drug-likeness (QED) is 0.760. The summed E-state index contributed by atoms with van der Waals surface area (Å²) in [7, 11) is 0. The molecule has 1 amide bonds. The molecule has 0 aliphatic carbocycles. The highest BCUT2D eigenvalue weighted by Gasteiger charge is 2.33. The molecule has 2 heteroatoms. The summed E-state index contributed by atoms with van der Waals surface area (Å²) in [6, 6.07) is 10.8. The summed E-state index contributed by atoms with van der Waals surface area (Å²) in [5, 5.41) is 0. The summed E-state index contributed by atoms with van der Waals surface area (Å²) in [5.41, 5.74) is 2.50. The lowest BCUT2D eigenvalue weighted by Crippen LogP contribution is -2.39. The van der Waals surface area contributed by atoms with Crippen LogP contribution in [-0.4, -0.2) is 16.8 Å². The van der Waals surface area contributed by atoms with Crippen LogP contribution in [0.1, 0.15) is 31.2 Å². The molecule has 88 valence electrons. The highest BCUT2D eigenvalue weighted by Crippen LogP contribution is 2.32. The number of hydrogen-bond donors (Lipinski definition) is 0. The van der Waals surface area contributed by atoms with Crippen LogP contribution in [-0.2, 0) is 11.2 Å². The number of benzene rings is 1. The van der Waals surface area contributed by atoms with E-state index in [4.69, 9.17) is 0 Å². The van der Waals surface area contributed by atoms with Crippen LogP contribution >= 0.6 is 0 Å². The van der Waals surface area contributed by atoms with Crippen molar-refractivity contribution in [2.75, 3.05) is 0 Å². The second-order valence-corrected chi connectivity index (χ2v) is 4.90. The Kier molecular flexibility index (Phi) is 2.71. The fourth-order valence-electron chi connectivity index (χ4n) is 2.89. The number of carbonyl (C=O) groups is 1. The molecule has 0 N–H and O–H groups in total. The standard InChI is InChI=1S/C15H17NO/c17-15-8-4-7-13-9-10-14(16(13)15)11-12-5-2-1-3-6-12/h1-3,5-6,10,13H,4,7-9,11H2/t13-/m1/s1. The topological polar surface area (TPSA) is 20.3 Å². The van der Waals surface area contributed by atoms with Crippen molar-refractivity contribution in [3.8, 4) is 0 Å². The van der Waals surface area contributed by atoms with Crippen molar-refractivity contribution in [1.29, 1.82) is 0 Å². The summed E-state index contributed by atoms with van der Waals surface area (Å²) in [4.78, 5) is 14.0. The van der Waals surface area contributed by atoms with Crippen molar-refractivity contribution in [3.63, 3.8) is 0 Å². The zero-order valence-corrected chi connectivity index (χ0v) is 9.93. The maximum atomic E-state index is 12.0. The van der Waals surface area contributed by atoms with Crippen LogP contribution in [0.4, 0.5) is 0 Å². The van der Waals surface area contributed by atoms with E-state index in [1.165, 1.54) is 17.7 Å². The van der Waals surface area contributed by atoms with Crippen LogP contribution in [0.3, 0.4) is 0 Å². The number of fused-ring (bicyclic) bond motifs is 1. The fraction of sp³-hybridized carbons (Fsp3) is 0.400. The molecule has 1 fully saturated rings. The minimum absolute atomic E-state index is 0.320. The van der Waals surface area contributed by atoms with Gasteiger partial charge in [-0.1, -0.05) is 36.4 Å². The van der Waals surface area contributed by atoms with Crippen LogP contribution in [0.25, 0.3) is 0 Å². The van der Waals surface area contributed by atoms with Gasteiger partial charge in [0.1, 0.15) is 0 Å². The first kappa shape index (κ1) is 10.6. The largest absolute Gasteiger partial charge is 0.313 e. The Morgan fingerprint density at radius 3 is 2.88 bits per heavy atom. The zero-order chi connectivity index (χ0) is 11.7. The first-order valence-corrected chi connectivity index (χ1v) is 6.39. The molecule has 1 aromatic rings. The zero-order valence-electron chi connectivity index (χ0n) is 9.93. The van der Waals surface area contributed by atoms with Crippen LogP contribution in [0, 0.1) is 0 Å². The van der Waals surface area contributed by atoms with Gasteiger partial charge in [0.25, 0.3) is 0 Å². The average molecular weight is 227 g/mol. The molecule has 17 heavy (non-hydrogen) atoms. The van der Waals surface area contributed by atoms with E-state index in [-0.39, 0.29) is 0 Å². The lowest BCUT2D eigenvalue weighted by Gasteiger charge is -2.32. The van der Waals surface area contributed by atoms with Gasteiger partial charge >= 0.3 is 0 Å². The average Bonchev–Trinajstić information content (AvgIpc) is 2.75. The Labute approximate surface area is 102 Å². The monoisotopic (exact) mass is 227 g/mol. The third-order valence-corrected chi connectivity index (χ3v) is 3.72. The van der Waals surface area contributed by atoms with Crippen molar-refractivity contribution in [3.05, 3.63) is 47.7 Å². The summed E-state index contributed by atoms with van der Waals surface area (Å²) >= 11 is 0. The van der Waals surface area contributed by atoms with Crippen LogP contribution in [0.2, 0.25) is 0 Å². The number of nitrogens with zero attached hydrogens (tertiary/aromatic N) is 1. The molecule has 0 radical (unpaired) electrons. The number of carbonyl (C=O) groups excluding carboxylic acids is 1. The maximum Gasteiger partial charge on any atom is 0.226 e. The number of piperidine rings is 1. The van der Waals surface area contributed by atoms with Gasteiger partial charge < -0.3 is 4.90 Å². The highest BCUT2D eigenvalue weighted by molar-refractivity contribution is 5.80. The first-order valence-electron chi connectivity index (χ1n) is 6.39. The van der Waals surface area contributed by atoms with Crippen LogP contribution in [0.5, 0.6) is 0 Å². The molecule has 0 bridgehead atoms. The molecule has 0 unspecified atom stereocenters. The Hall–Kier alpha value is -1.57. The van der Waals surface area contributed by atoms with Gasteiger partial charge in [0.15, 0.2) is 0 Å². The van der Waals surface area contributed by atoms with E-state index in [0.717, 1.165) is 25.7 Å². The normalized spacial score (nSPS) is 23.5. The van der Waals surface area contributed by atoms with Crippen LogP contribution < -0.4 is 0 Å². The van der Waals surface area contributed by atoms with Gasteiger partial charge in [-0.2, -0.15) is 0 Å². The Morgan fingerprint density at radius 1 is 1.24 bits per heavy atom. The molecule has 2 aliphatic rings. The van der Waals surface area contributed by atoms with E-state index in [0.29, 0.717) is 11.9 Å². The number of allylic oxidation sites excluding steroid dienone is 1. The van der Waals surface area contributed by atoms with E-state index in [1.807, 2.05) is 6.07 Å². The van der Waals surface area contributed by atoms with E-state index < -0.39 is 0 Å². The molecule has 1 saturated heterocycles. The van der Waals surface area contributed by atoms with E-state index in [2.05, 4.69) is 35.2 Å². The van der Waals surface area contributed by atoms with E-state index in [9.17, 15) is 4.79 Å². The Morgan fingerprint density at radius 2 is 2.06 bits per heavy atom. The molecule has 2 nitrogen and oxygen atoms in total. The number of amides is 1. The summed E-state index contributed by atoms with van der Waals surface area (Å²) < 4.78 is 0. The number of hydrogen-bond acceptors (Lipinski definition) is 1. The summed E-state index contributed by atoms with van der Waals surface area (Å²) in [6.07, 6.45) is 7.15. The number of rotatable bonds is 2. The van der Waals surface area contributed by atoms with Gasteiger partial charge in [-0.15, -0.1) is 0 Å². The van der Waals surface area contributed by atoms with Crippen molar-refractivity contribution in [1.82, 2.24) is 4.90 Å². The van der Waals surface area contributed by atoms with E-state index in [1.54, 1.807) is 0 Å². The van der Waals surface area contributed by atoms with E-state index >= 15 is 0 Å². The molecule has 1 aromatic carbocycles. The highest BCUT2D eigenvalue weighted by atomic mass is 16.2. The van der Waals surface area contributed by atoms with Gasteiger partial charge in [0.2, 0.25) is 5.91 Å². The molecular weight excluding hydrogens is 210 g/mol. The molecule has 3 rings (SSSR count). The molecule has 2 aliphatic heterocycles. The molecule has 0 saturated carbocycles. The lowest BCUT2D eigenvalue weighted by atomic mass is 10.0. The fourth-order valence-corrected chi connectivity index (χ4v) is 2.89.